The summed E-state index contributed by atoms with van der Waals surface area (Å²) in [5.41, 5.74) is 7.50. The van der Waals surface area contributed by atoms with Crippen LogP contribution in [0.1, 0.15) is 21.9 Å². The number of nitrogens with zero attached hydrogens (tertiary/aromatic N) is 2. The van der Waals surface area contributed by atoms with Crippen LogP contribution in [0.3, 0.4) is 0 Å². The van der Waals surface area contributed by atoms with Gasteiger partial charge in [0, 0.05) is 17.4 Å². The lowest BCUT2D eigenvalue weighted by Gasteiger charge is -2.06. The number of amides is 1. The molecular weight excluding hydrogens is 228 g/mol. The van der Waals surface area contributed by atoms with Gasteiger partial charge >= 0.3 is 0 Å². The number of carbonyl (C=O) groups is 1. The summed E-state index contributed by atoms with van der Waals surface area (Å²) in [6.45, 7) is 2.46. The van der Waals surface area contributed by atoms with Crippen LogP contribution in [0.15, 0.2) is 36.5 Å². The molecule has 5 heteroatoms. The van der Waals surface area contributed by atoms with Crippen LogP contribution in [0, 0.1) is 6.92 Å². The van der Waals surface area contributed by atoms with Crippen LogP contribution in [0.25, 0.3) is 0 Å². The van der Waals surface area contributed by atoms with E-state index in [9.17, 15) is 4.79 Å². The van der Waals surface area contributed by atoms with Gasteiger partial charge in [-0.3, -0.25) is 4.79 Å². The molecule has 0 fully saturated rings. The number of primary amides is 1. The van der Waals surface area contributed by atoms with Crippen molar-refractivity contribution in [3.63, 3.8) is 0 Å². The van der Waals surface area contributed by atoms with Crippen LogP contribution in [0.4, 0.5) is 5.69 Å². The van der Waals surface area contributed by atoms with E-state index in [1.165, 1.54) is 0 Å². The van der Waals surface area contributed by atoms with Crippen LogP contribution < -0.4 is 11.1 Å². The Hall–Kier alpha value is -2.43. The minimum Gasteiger partial charge on any atom is -0.379 e. The first-order chi connectivity index (χ1) is 8.65. The predicted octanol–water partition coefficient (Wildman–Crippen LogP) is 1.50. The third-order valence-electron chi connectivity index (χ3n) is 2.48. The molecule has 1 heterocycles. The molecule has 3 N–H and O–H groups in total. The maximum absolute atomic E-state index is 10.9. The number of aromatic nitrogens is 2. The summed E-state index contributed by atoms with van der Waals surface area (Å²) in [6.07, 6.45) is 1.73. The molecule has 18 heavy (non-hydrogen) atoms. The molecule has 2 aromatic rings. The van der Waals surface area contributed by atoms with Crippen LogP contribution in [0.2, 0.25) is 0 Å². The molecule has 2 rings (SSSR count). The third kappa shape index (κ3) is 3.04. The molecule has 0 bridgehead atoms. The Bertz CT molecular complexity index is 551. The van der Waals surface area contributed by atoms with Gasteiger partial charge < -0.3 is 11.1 Å². The normalized spacial score (nSPS) is 10.1. The molecular formula is C13H14N4O. The molecule has 5 nitrogen and oxygen atoms in total. The van der Waals surface area contributed by atoms with E-state index in [4.69, 9.17) is 5.73 Å². The van der Waals surface area contributed by atoms with Crippen LogP contribution >= 0.6 is 0 Å². The van der Waals surface area contributed by atoms with Crippen molar-refractivity contribution in [2.24, 2.45) is 5.73 Å². The highest BCUT2D eigenvalue weighted by molar-refractivity contribution is 5.93. The first-order valence-electron chi connectivity index (χ1n) is 5.57. The van der Waals surface area contributed by atoms with Gasteiger partial charge in [-0.2, -0.15) is 0 Å². The fourth-order valence-electron chi connectivity index (χ4n) is 1.55. The zero-order chi connectivity index (χ0) is 13.0. The number of carbonyl (C=O) groups excluding carboxylic acids is 1. The monoisotopic (exact) mass is 242 g/mol. The highest BCUT2D eigenvalue weighted by atomic mass is 16.1. The van der Waals surface area contributed by atoms with Crippen molar-refractivity contribution in [1.29, 1.82) is 0 Å². The lowest BCUT2D eigenvalue weighted by molar-refractivity contribution is 0.100. The van der Waals surface area contributed by atoms with Gasteiger partial charge in [0.2, 0.25) is 5.91 Å². The Morgan fingerprint density at radius 1 is 1.28 bits per heavy atom. The molecule has 0 aliphatic carbocycles. The van der Waals surface area contributed by atoms with Crippen LogP contribution in [0.5, 0.6) is 0 Å². The van der Waals surface area contributed by atoms with E-state index < -0.39 is 5.91 Å². The van der Waals surface area contributed by atoms with Crippen LogP contribution in [-0.4, -0.2) is 15.9 Å². The van der Waals surface area contributed by atoms with E-state index in [0.717, 1.165) is 17.2 Å². The van der Waals surface area contributed by atoms with Gasteiger partial charge in [0.25, 0.3) is 0 Å². The SMILES string of the molecule is Cc1nccc(CNc2ccc(C(N)=O)cc2)n1. The zero-order valence-corrected chi connectivity index (χ0v) is 10.1. The van der Waals surface area contributed by atoms with E-state index in [1.54, 1.807) is 18.3 Å². The number of aryl methyl sites for hydroxylation is 1. The smallest absolute Gasteiger partial charge is 0.248 e. The molecule has 1 aromatic heterocycles. The molecule has 92 valence electrons. The van der Waals surface area contributed by atoms with Crippen molar-refractivity contribution < 1.29 is 4.79 Å². The minimum atomic E-state index is -0.423. The second kappa shape index (κ2) is 5.27. The molecule has 0 aliphatic heterocycles. The third-order valence-corrected chi connectivity index (χ3v) is 2.48. The van der Waals surface area contributed by atoms with Gasteiger partial charge in [-0.15, -0.1) is 0 Å². The van der Waals surface area contributed by atoms with Crippen LogP contribution in [-0.2, 0) is 6.54 Å². The Morgan fingerprint density at radius 3 is 2.61 bits per heavy atom. The average Bonchev–Trinajstić information content (AvgIpc) is 2.37. The highest BCUT2D eigenvalue weighted by Gasteiger charge is 2.00. The largest absolute Gasteiger partial charge is 0.379 e. The van der Waals surface area contributed by atoms with Crippen molar-refractivity contribution in [3.05, 3.63) is 53.6 Å². The van der Waals surface area contributed by atoms with Gasteiger partial charge in [0.1, 0.15) is 5.82 Å². The Morgan fingerprint density at radius 2 is 2.00 bits per heavy atom. The summed E-state index contributed by atoms with van der Waals surface area (Å²) in [6, 6.07) is 8.87. The number of nitrogens with two attached hydrogens (primary N) is 1. The van der Waals surface area contributed by atoms with Crippen molar-refractivity contribution in [1.82, 2.24) is 9.97 Å². The Balaban J connectivity index is 2.00. The Labute approximate surface area is 105 Å². The molecule has 1 aromatic carbocycles. The van der Waals surface area contributed by atoms with Crippen molar-refractivity contribution in [2.75, 3.05) is 5.32 Å². The van der Waals surface area contributed by atoms with E-state index >= 15 is 0 Å². The number of hydrogen-bond donors (Lipinski definition) is 2. The van der Waals surface area contributed by atoms with E-state index in [1.807, 2.05) is 25.1 Å². The lowest BCUT2D eigenvalue weighted by atomic mass is 10.2. The standard InChI is InChI=1S/C13H14N4O/c1-9-15-7-6-12(17-9)8-16-11-4-2-10(3-5-11)13(14)18/h2-7,16H,8H2,1H3,(H2,14,18). The first-order valence-corrected chi connectivity index (χ1v) is 5.57. The molecule has 0 unspecified atom stereocenters. The van der Waals surface area contributed by atoms with Gasteiger partial charge in [0.15, 0.2) is 0 Å². The summed E-state index contributed by atoms with van der Waals surface area (Å²) in [5.74, 6) is 0.325. The number of rotatable bonds is 4. The zero-order valence-electron chi connectivity index (χ0n) is 10.1. The first kappa shape index (κ1) is 12.0. The maximum Gasteiger partial charge on any atom is 0.248 e. The number of anilines is 1. The maximum atomic E-state index is 10.9. The topological polar surface area (TPSA) is 80.9 Å². The second-order valence-electron chi connectivity index (χ2n) is 3.89. The number of benzene rings is 1. The molecule has 1 amide bonds. The molecule has 0 radical (unpaired) electrons. The lowest BCUT2D eigenvalue weighted by Crippen LogP contribution is -2.10. The van der Waals surface area contributed by atoms with Gasteiger partial charge in [-0.05, 0) is 37.3 Å². The quantitative estimate of drug-likeness (QED) is 0.851. The summed E-state index contributed by atoms with van der Waals surface area (Å²) in [5, 5.41) is 3.21. The molecule has 0 spiro atoms. The fraction of sp³-hybridized carbons (Fsp3) is 0.154. The molecule has 0 aliphatic rings. The second-order valence-corrected chi connectivity index (χ2v) is 3.89. The fourth-order valence-corrected chi connectivity index (χ4v) is 1.55. The van der Waals surface area contributed by atoms with Crippen molar-refractivity contribution in [2.45, 2.75) is 13.5 Å². The molecule has 0 saturated heterocycles. The van der Waals surface area contributed by atoms with Gasteiger partial charge in [0.05, 0.1) is 12.2 Å². The number of nitrogens with one attached hydrogen (secondary N) is 1. The van der Waals surface area contributed by atoms with Gasteiger partial charge in [-0.1, -0.05) is 0 Å². The minimum absolute atomic E-state index is 0.423. The summed E-state index contributed by atoms with van der Waals surface area (Å²) >= 11 is 0. The van der Waals surface area contributed by atoms with Crippen molar-refractivity contribution >= 4 is 11.6 Å². The van der Waals surface area contributed by atoms with Crippen molar-refractivity contribution in [3.8, 4) is 0 Å². The summed E-state index contributed by atoms with van der Waals surface area (Å²) in [7, 11) is 0. The summed E-state index contributed by atoms with van der Waals surface area (Å²) < 4.78 is 0. The predicted molar refractivity (Wildman–Crippen MR) is 69.1 cm³/mol. The summed E-state index contributed by atoms with van der Waals surface area (Å²) in [4.78, 5) is 19.2. The molecule has 0 saturated carbocycles. The van der Waals surface area contributed by atoms with E-state index in [0.29, 0.717) is 12.1 Å². The van der Waals surface area contributed by atoms with E-state index in [2.05, 4.69) is 15.3 Å². The molecule has 0 atom stereocenters. The highest BCUT2D eigenvalue weighted by Crippen LogP contribution is 2.10. The van der Waals surface area contributed by atoms with Gasteiger partial charge in [-0.25, -0.2) is 9.97 Å². The van der Waals surface area contributed by atoms with E-state index in [-0.39, 0.29) is 0 Å². The average molecular weight is 242 g/mol. The Kier molecular flexibility index (Phi) is 3.52. The number of hydrogen-bond acceptors (Lipinski definition) is 4.